The first kappa shape index (κ1) is 18.4. The highest BCUT2D eigenvalue weighted by atomic mass is 32.2. The molecule has 0 aliphatic heterocycles. The standard InChI is InChI=1S/C16H21N3O3S2/c1-3-12(2)13-6-8-15(9-7-13)24(20,21)19-18-16(23)17-11-14-5-4-10-22-14/h4-10,12,19H,3,11H2,1-2H3,(H2,17,18,23). The molecule has 0 bridgehead atoms. The molecule has 0 saturated heterocycles. The number of benzene rings is 1. The molecule has 8 heteroatoms. The summed E-state index contributed by atoms with van der Waals surface area (Å²) in [6.45, 7) is 4.56. The van der Waals surface area contributed by atoms with E-state index in [0.29, 0.717) is 18.2 Å². The normalized spacial score (nSPS) is 12.6. The van der Waals surface area contributed by atoms with Crippen molar-refractivity contribution in [3.05, 3.63) is 54.0 Å². The van der Waals surface area contributed by atoms with Gasteiger partial charge >= 0.3 is 0 Å². The average Bonchev–Trinajstić information content (AvgIpc) is 3.11. The molecule has 0 aliphatic carbocycles. The summed E-state index contributed by atoms with van der Waals surface area (Å²) in [6.07, 6.45) is 2.56. The van der Waals surface area contributed by atoms with Crippen molar-refractivity contribution in [1.82, 2.24) is 15.6 Å². The Hall–Kier alpha value is -1.90. The molecule has 130 valence electrons. The molecule has 1 aromatic carbocycles. The maximum atomic E-state index is 12.2. The number of furan rings is 1. The van der Waals surface area contributed by atoms with E-state index < -0.39 is 10.0 Å². The smallest absolute Gasteiger partial charge is 0.257 e. The summed E-state index contributed by atoms with van der Waals surface area (Å²) >= 11 is 5.02. The molecule has 0 radical (unpaired) electrons. The van der Waals surface area contributed by atoms with E-state index in [-0.39, 0.29) is 10.0 Å². The van der Waals surface area contributed by atoms with E-state index in [0.717, 1.165) is 12.0 Å². The zero-order valence-electron chi connectivity index (χ0n) is 13.6. The lowest BCUT2D eigenvalue weighted by Gasteiger charge is -2.13. The summed E-state index contributed by atoms with van der Waals surface area (Å²) in [5.41, 5.74) is 3.58. The Morgan fingerprint density at radius 3 is 2.54 bits per heavy atom. The zero-order valence-corrected chi connectivity index (χ0v) is 15.2. The Morgan fingerprint density at radius 2 is 1.96 bits per heavy atom. The number of nitrogens with one attached hydrogen (secondary N) is 3. The van der Waals surface area contributed by atoms with Gasteiger partial charge in [-0.05, 0) is 54.4 Å². The highest BCUT2D eigenvalue weighted by molar-refractivity contribution is 7.89. The molecule has 0 amide bonds. The van der Waals surface area contributed by atoms with Crippen molar-refractivity contribution >= 4 is 27.4 Å². The number of rotatable bonds is 7. The van der Waals surface area contributed by atoms with E-state index in [1.165, 1.54) is 0 Å². The third-order valence-electron chi connectivity index (χ3n) is 3.67. The minimum Gasteiger partial charge on any atom is -0.467 e. The van der Waals surface area contributed by atoms with Gasteiger partial charge in [-0.25, -0.2) is 8.42 Å². The molecule has 0 aliphatic rings. The summed E-state index contributed by atoms with van der Waals surface area (Å²) in [7, 11) is -3.69. The first-order valence-electron chi connectivity index (χ1n) is 7.60. The Balaban J connectivity index is 1.89. The quantitative estimate of drug-likeness (QED) is 0.515. The van der Waals surface area contributed by atoms with E-state index in [2.05, 4.69) is 29.4 Å². The molecule has 24 heavy (non-hydrogen) atoms. The van der Waals surface area contributed by atoms with Crippen LogP contribution in [0.15, 0.2) is 52.0 Å². The van der Waals surface area contributed by atoms with Gasteiger partial charge in [0.1, 0.15) is 5.76 Å². The fourth-order valence-corrected chi connectivity index (χ4v) is 3.04. The SMILES string of the molecule is CCC(C)c1ccc(S(=O)(=O)NNC(=S)NCc2ccco2)cc1. The maximum Gasteiger partial charge on any atom is 0.257 e. The van der Waals surface area contributed by atoms with Gasteiger partial charge in [-0.1, -0.05) is 26.0 Å². The predicted molar refractivity (Wildman–Crippen MR) is 96.8 cm³/mol. The van der Waals surface area contributed by atoms with E-state index in [1.807, 2.05) is 12.1 Å². The van der Waals surface area contributed by atoms with Crippen LogP contribution in [-0.4, -0.2) is 13.5 Å². The molecular formula is C16H21N3O3S2. The molecule has 6 nitrogen and oxygen atoms in total. The van der Waals surface area contributed by atoms with Crippen LogP contribution in [0.4, 0.5) is 0 Å². The summed E-state index contributed by atoms with van der Waals surface area (Å²) in [5, 5.41) is 3.00. The summed E-state index contributed by atoms with van der Waals surface area (Å²) in [6, 6.07) is 10.4. The van der Waals surface area contributed by atoms with Gasteiger partial charge in [-0.2, -0.15) is 0 Å². The number of hydrazine groups is 1. The maximum absolute atomic E-state index is 12.2. The highest BCUT2D eigenvalue weighted by Gasteiger charge is 2.14. The number of sulfonamides is 1. The Bertz CT molecular complexity index is 756. The van der Waals surface area contributed by atoms with Gasteiger partial charge < -0.3 is 9.73 Å². The van der Waals surface area contributed by atoms with Crippen molar-refractivity contribution in [3.8, 4) is 0 Å². The second kappa shape index (κ2) is 8.27. The number of thiocarbonyl (C=S) groups is 1. The van der Waals surface area contributed by atoms with Crippen molar-refractivity contribution < 1.29 is 12.8 Å². The third-order valence-corrected chi connectivity index (χ3v) is 5.18. The molecule has 0 saturated carbocycles. The van der Waals surface area contributed by atoms with Crippen LogP contribution in [0.3, 0.4) is 0 Å². The molecule has 3 N–H and O–H groups in total. The largest absolute Gasteiger partial charge is 0.467 e. The summed E-state index contributed by atoms with van der Waals surface area (Å²) in [5.74, 6) is 1.09. The van der Waals surface area contributed by atoms with Crippen LogP contribution in [0.5, 0.6) is 0 Å². The Morgan fingerprint density at radius 1 is 1.25 bits per heavy atom. The number of hydrogen-bond acceptors (Lipinski definition) is 4. The molecule has 1 heterocycles. The number of hydrogen-bond donors (Lipinski definition) is 3. The van der Waals surface area contributed by atoms with E-state index in [4.69, 9.17) is 16.6 Å². The van der Waals surface area contributed by atoms with Crippen molar-refractivity contribution in [2.24, 2.45) is 0 Å². The van der Waals surface area contributed by atoms with Crippen LogP contribution in [-0.2, 0) is 16.6 Å². The van der Waals surface area contributed by atoms with E-state index >= 15 is 0 Å². The molecule has 2 aromatic rings. The fourth-order valence-electron chi connectivity index (χ4n) is 2.01. The van der Waals surface area contributed by atoms with Crippen molar-refractivity contribution in [1.29, 1.82) is 0 Å². The minimum atomic E-state index is -3.69. The topological polar surface area (TPSA) is 83.4 Å². The highest BCUT2D eigenvalue weighted by Crippen LogP contribution is 2.20. The van der Waals surface area contributed by atoms with Gasteiger partial charge in [0.25, 0.3) is 10.0 Å². The van der Waals surface area contributed by atoms with Crippen LogP contribution >= 0.6 is 12.2 Å². The zero-order chi connectivity index (χ0) is 17.6. The monoisotopic (exact) mass is 367 g/mol. The van der Waals surface area contributed by atoms with Gasteiger partial charge in [0.2, 0.25) is 0 Å². The third kappa shape index (κ3) is 5.05. The molecular weight excluding hydrogens is 346 g/mol. The van der Waals surface area contributed by atoms with Gasteiger partial charge in [-0.3, -0.25) is 5.43 Å². The van der Waals surface area contributed by atoms with Crippen LogP contribution in [0, 0.1) is 0 Å². The van der Waals surface area contributed by atoms with Gasteiger partial charge in [0.15, 0.2) is 5.11 Å². The predicted octanol–water partition coefficient (Wildman–Crippen LogP) is 2.65. The molecule has 0 fully saturated rings. The van der Waals surface area contributed by atoms with E-state index in [9.17, 15) is 8.42 Å². The van der Waals surface area contributed by atoms with E-state index in [1.54, 1.807) is 30.5 Å². The van der Waals surface area contributed by atoms with Gasteiger partial charge in [0, 0.05) is 0 Å². The molecule has 1 atom stereocenters. The molecule has 1 unspecified atom stereocenters. The lowest BCUT2D eigenvalue weighted by atomic mass is 9.99. The van der Waals surface area contributed by atoms with Crippen LogP contribution in [0.2, 0.25) is 0 Å². The Labute approximate surface area is 147 Å². The summed E-state index contributed by atoms with van der Waals surface area (Å²) < 4.78 is 29.6. The molecule has 2 rings (SSSR count). The molecule has 1 aromatic heterocycles. The van der Waals surface area contributed by atoms with Crippen LogP contribution in [0.1, 0.15) is 37.5 Å². The lowest BCUT2D eigenvalue weighted by Crippen LogP contribution is -2.46. The molecule has 0 spiro atoms. The van der Waals surface area contributed by atoms with Crippen molar-refractivity contribution in [3.63, 3.8) is 0 Å². The van der Waals surface area contributed by atoms with Crippen molar-refractivity contribution in [2.75, 3.05) is 0 Å². The summed E-state index contributed by atoms with van der Waals surface area (Å²) in [4.78, 5) is 2.43. The second-order valence-corrected chi connectivity index (χ2v) is 7.46. The second-order valence-electron chi connectivity index (χ2n) is 5.37. The fraction of sp³-hybridized carbons (Fsp3) is 0.312. The lowest BCUT2D eigenvalue weighted by molar-refractivity contribution is 0.502. The minimum absolute atomic E-state index is 0.159. The average molecular weight is 367 g/mol. The van der Waals surface area contributed by atoms with Crippen LogP contribution in [0.25, 0.3) is 0 Å². The first-order valence-corrected chi connectivity index (χ1v) is 9.49. The first-order chi connectivity index (χ1) is 11.4. The van der Waals surface area contributed by atoms with Gasteiger partial charge in [-0.15, -0.1) is 4.83 Å². The van der Waals surface area contributed by atoms with Crippen molar-refractivity contribution in [2.45, 2.75) is 37.6 Å². The van der Waals surface area contributed by atoms with Gasteiger partial charge in [0.05, 0.1) is 17.7 Å². The Kier molecular flexibility index (Phi) is 6.36. The van der Waals surface area contributed by atoms with Crippen LogP contribution < -0.4 is 15.6 Å².